The second-order valence-corrected chi connectivity index (χ2v) is 7.34. The standard InChI is InChI=1S/C17H23N3O3S/c1-11-9-18-16(24-11)12(2)19-17(21)20-8-4-5-14(20)15-7-6-13(23-15)10-22-3/h6-7,9,12,14H,4-5,8,10H2,1-3H3,(H,19,21)/t12-,14+/m1/s1. The lowest BCUT2D eigenvalue weighted by Crippen LogP contribution is -2.40. The van der Waals surface area contributed by atoms with Crippen molar-refractivity contribution in [3.8, 4) is 0 Å². The van der Waals surface area contributed by atoms with E-state index >= 15 is 0 Å². The fourth-order valence-corrected chi connectivity index (χ4v) is 3.78. The number of hydrogen-bond acceptors (Lipinski definition) is 5. The van der Waals surface area contributed by atoms with Gasteiger partial charge in [0.1, 0.15) is 23.1 Å². The first-order valence-corrected chi connectivity index (χ1v) is 8.97. The molecule has 0 spiro atoms. The highest BCUT2D eigenvalue weighted by Gasteiger charge is 2.33. The van der Waals surface area contributed by atoms with Gasteiger partial charge < -0.3 is 19.4 Å². The summed E-state index contributed by atoms with van der Waals surface area (Å²) in [5, 5.41) is 3.98. The molecule has 0 aliphatic carbocycles. The van der Waals surface area contributed by atoms with E-state index in [9.17, 15) is 4.79 Å². The predicted molar refractivity (Wildman–Crippen MR) is 91.9 cm³/mol. The summed E-state index contributed by atoms with van der Waals surface area (Å²) in [5.74, 6) is 1.61. The van der Waals surface area contributed by atoms with Crippen LogP contribution in [0.4, 0.5) is 4.79 Å². The van der Waals surface area contributed by atoms with E-state index < -0.39 is 0 Å². The first kappa shape index (κ1) is 17.0. The minimum atomic E-state index is -0.0990. The van der Waals surface area contributed by atoms with Gasteiger partial charge in [-0.05, 0) is 38.8 Å². The molecule has 0 unspecified atom stereocenters. The number of methoxy groups -OCH3 is 1. The van der Waals surface area contributed by atoms with Crippen LogP contribution in [0.25, 0.3) is 0 Å². The molecule has 130 valence electrons. The topological polar surface area (TPSA) is 67.6 Å². The lowest BCUT2D eigenvalue weighted by Gasteiger charge is -2.25. The molecular weight excluding hydrogens is 326 g/mol. The van der Waals surface area contributed by atoms with Crippen LogP contribution < -0.4 is 5.32 Å². The zero-order chi connectivity index (χ0) is 17.1. The Labute approximate surface area is 145 Å². The van der Waals surface area contributed by atoms with Gasteiger partial charge in [0.25, 0.3) is 0 Å². The highest BCUT2D eigenvalue weighted by molar-refractivity contribution is 7.11. The number of aryl methyl sites for hydroxylation is 1. The first-order valence-electron chi connectivity index (χ1n) is 8.15. The molecule has 6 nitrogen and oxygen atoms in total. The van der Waals surface area contributed by atoms with E-state index in [4.69, 9.17) is 9.15 Å². The SMILES string of the molecule is COCc1ccc([C@@H]2CCCN2C(=O)N[C@H](C)c2ncc(C)s2)o1. The number of furan rings is 1. The minimum absolute atomic E-state index is 0.0131. The molecule has 1 aliphatic rings. The Kier molecular flexibility index (Phi) is 5.20. The van der Waals surface area contributed by atoms with Gasteiger partial charge in [-0.2, -0.15) is 0 Å². The van der Waals surface area contributed by atoms with E-state index in [0.717, 1.165) is 40.8 Å². The van der Waals surface area contributed by atoms with Crippen LogP contribution in [0.2, 0.25) is 0 Å². The van der Waals surface area contributed by atoms with E-state index in [1.807, 2.05) is 37.1 Å². The molecule has 2 aromatic rings. The van der Waals surface area contributed by atoms with Crippen LogP contribution in [0.15, 0.2) is 22.7 Å². The molecule has 0 aromatic carbocycles. The maximum atomic E-state index is 12.7. The smallest absolute Gasteiger partial charge is 0.318 e. The van der Waals surface area contributed by atoms with Gasteiger partial charge in [-0.3, -0.25) is 0 Å². The third-order valence-corrected chi connectivity index (χ3v) is 5.26. The molecule has 0 bridgehead atoms. The number of hydrogen-bond donors (Lipinski definition) is 1. The average Bonchev–Trinajstić information content (AvgIpc) is 3.26. The van der Waals surface area contributed by atoms with Crippen LogP contribution in [-0.2, 0) is 11.3 Å². The number of likely N-dealkylation sites (tertiary alicyclic amines) is 1. The number of carbonyl (C=O) groups is 1. The first-order chi connectivity index (χ1) is 11.6. The molecular formula is C17H23N3O3S. The van der Waals surface area contributed by atoms with Crippen molar-refractivity contribution in [3.63, 3.8) is 0 Å². The summed E-state index contributed by atoms with van der Waals surface area (Å²) in [6.07, 6.45) is 3.72. The van der Waals surface area contributed by atoms with Gasteiger partial charge in [0, 0.05) is 24.7 Å². The number of nitrogens with zero attached hydrogens (tertiary/aromatic N) is 2. The molecule has 1 N–H and O–H groups in total. The van der Waals surface area contributed by atoms with Crippen LogP contribution in [0.5, 0.6) is 0 Å². The molecule has 1 fully saturated rings. The molecule has 1 saturated heterocycles. The van der Waals surface area contributed by atoms with Crippen molar-refractivity contribution in [3.05, 3.63) is 39.7 Å². The van der Waals surface area contributed by atoms with Crippen LogP contribution in [-0.4, -0.2) is 29.6 Å². The number of thiazole rings is 1. The molecule has 0 saturated carbocycles. The number of rotatable bonds is 5. The Hall–Kier alpha value is -1.86. The third kappa shape index (κ3) is 3.62. The third-order valence-electron chi connectivity index (χ3n) is 4.16. The van der Waals surface area contributed by atoms with Gasteiger partial charge in [0.05, 0.1) is 12.1 Å². The molecule has 7 heteroatoms. The summed E-state index contributed by atoms with van der Waals surface area (Å²) >= 11 is 1.61. The maximum absolute atomic E-state index is 12.7. The summed E-state index contributed by atoms with van der Waals surface area (Å²) in [5.41, 5.74) is 0. The molecule has 2 amide bonds. The van der Waals surface area contributed by atoms with E-state index in [1.54, 1.807) is 18.4 Å². The molecule has 3 rings (SSSR count). The lowest BCUT2D eigenvalue weighted by molar-refractivity contribution is 0.155. The van der Waals surface area contributed by atoms with Crippen molar-refractivity contribution in [1.82, 2.24) is 15.2 Å². The minimum Gasteiger partial charge on any atom is -0.461 e. The monoisotopic (exact) mass is 349 g/mol. The van der Waals surface area contributed by atoms with Crippen LogP contribution >= 0.6 is 11.3 Å². The lowest BCUT2D eigenvalue weighted by atomic mass is 10.2. The fraction of sp³-hybridized carbons (Fsp3) is 0.529. The molecule has 3 heterocycles. The van der Waals surface area contributed by atoms with Gasteiger partial charge in [-0.15, -0.1) is 11.3 Å². The van der Waals surface area contributed by atoms with Gasteiger partial charge in [0.2, 0.25) is 0 Å². The largest absolute Gasteiger partial charge is 0.461 e. The highest BCUT2D eigenvalue weighted by Crippen LogP contribution is 2.33. The summed E-state index contributed by atoms with van der Waals surface area (Å²) in [7, 11) is 1.64. The second-order valence-electron chi connectivity index (χ2n) is 6.07. The normalized spacial score (nSPS) is 18.8. The summed E-state index contributed by atoms with van der Waals surface area (Å²) < 4.78 is 10.9. The number of carbonyl (C=O) groups excluding carboxylic acids is 1. The quantitative estimate of drug-likeness (QED) is 0.891. The van der Waals surface area contributed by atoms with Crippen LogP contribution in [0.3, 0.4) is 0 Å². The summed E-state index contributed by atoms with van der Waals surface area (Å²) in [6, 6.07) is 3.67. The number of aromatic nitrogens is 1. The molecule has 1 aliphatic heterocycles. The zero-order valence-corrected chi connectivity index (χ0v) is 15.1. The van der Waals surface area contributed by atoms with E-state index in [1.165, 1.54) is 0 Å². The number of ether oxygens (including phenoxy) is 1. The van der Waals surface area contributed by atoms with Crippen molar-refractivity contribution in [1.29, 1.82) is 0 Å². The number of nitrogens with one attached hydrogen (secondary N) is 1. The maximum Gasteiger partial charge on any atom is 0.318 e. The van der Waals surface area contributed by atoms with Gasteiger partial charge >= 0.3 is 6.03 Å². The Morgan fingerprint density at radius 1 is 1.58 bits per heavy atom. The Morgan fingerprint density at radius 2 is 2.42 bits per heavy atom. The van der Waals surface area contributed by atoms with Gasteiger partial charge in [-0.1, -0.05) is 0 Å². The Bertz CT molecular complexity index is 697. The van der Waals surface area contributed by atoms with Crippen molar-refractivity contribution in [2.75, 3.05) is 13.7 Å². The van der Waals surface area contributed by atoms with Crippen molar-refractivity contribution in [2.24, 2.45) is 0 Å². The van der Waals surface area contributed by atoms with E-state index in [2.05, 4.69) is 10.3 Å². The molecule has 2 aromatic heterocycles. The molecule has 2 atom stereocenters. The summed E-state index contributed by atoms with van der Waals surface area (Å²) in [6.45, 7) is 5.16. The average molecular weight is 349 g/mol. The second kappa shape index (κ2) is 7.36. The van der Waals surface area contributed by atoms with Crippen molar-refractivity contribution in [2.45, 2.75) is 45.4 Å². The number of amides is 2. The molecule has 24 heavy (non-hydrogen) atoms. The number of urea groups is 1. The Morgan fingerprint density at radius 3 is 3.12 bits per heavy atom. The fourth-order valence-electron chi connectivity index (χ4n) is 3.00. The predicted octanol–water partition coefficient (Wildman–Crippen LogP) is 3.80. The summed E-state index contributed by atoms with van der Waals surface area (Å²) in [4.78, 5) is 20.0. The van der Waals surface area contributed by atoms with Gasteiger partial charge in [0.15, 0.2) is 0 Å². The molecule has 0 radical (unpaired) electrons. The van der Waals surface area contributed by atoms with Crippen LogP contribution in [0.1, 0.15) is 53.3 Å². The Balaban J connectivity index is 1.66. The van der Waals surface area contributed by atoms with E-state index in [0.29, 0.717) is 6.61 Å². The van der Waals surface area contributed by atoms with Crippen molar-refractivity contribution < 1.29 is 13.9 Å². The van der Waals surface area contributed by atoms with E-state index in [-0.39, 0.29) is 18.1 Å². The van der Waals surface area contributed by atoms with Crippen molar-refractivity contribution >= 4 is 17.4 Å². The van der Waals surface area contributed by atoms with Crippen LogP contribution in [0, 0.1) is 6.92 Å². The van der Waals surface area contributed by atoms with Gasteiger partial charge in [-0.25, -0.2) is 9.78 Å². The zero-order valence-electron chi connectivity index (χ0n) is 14.2. The highest BCUT2D eigenvalue weighted by atomic mass is 32.1.